The number of nitro benzene ring substituents is 1. The molecule has 0 spiro atoms. The summed E-state index contributed by atoms with van der Waals surface area (Å²) in [7, 11) is 0. The summed E-state index contributed by atoms with van der Waals surface area (Å²) >= 11 is 0. The van der Waals surface area contributed by atoms with E-state index in [0.29, 0.717) is 22.4 Å². The van der Waals surface area contributed by atoms with Crippen LogP contribution >= 0.6 is 0 Å². The Kier molecular flexibility index (Phi) is 3.62. The molecule has 0 atom stereocenters. The van der Waals surface area contributed by atoms with Crippen LogP contribution in [-0.4, -0.2) is 9.91 Å². The molecule has 2 aromatic rings. The third kappa shape index (κ3) is 2.72. The Morgan fingerprint density at radius 3 is 2.70 bits per heavy atom. The summed E-state index contributed by atoms with van der Waals surface area (Å²) in [6, 6.07) is 8.12. The lowest BCUT2D eigenvalue weighted by Crippen LogP contribution is -1.96. The molecule has 6 heteroatoms. The van der Waals surface area contributed by atoms with Gasteiger partial charge in [0.2, 0.25) is 5.88 Å². The number of rotatable bonds is 3. The summed E-state index contributed by atoms with van der Waals surface area (Å²) in [5, 5.41) is 19.7. The number of benzene rings is 1. The minimum Gasteiger partial charge on any atom is -0.439 e. The highest BCUT2D eigenvalue weighted by atomic mass is 16.6. The summed E-state index contributed by atoms with van der Waals surface area (Å²) < 4.78 is 5.58. The molecule has 1 aromatic heterocycles. The number of nitriles is 1. The number of nitro groups is 1. The molecule has 0 bridgehead atoms. The molecule has 1 heterocycles. The SMILES string of the molecule is Cc1cc([N+](=O)[O-])c(C)cc1Oc1cc(C#N)ccn1. The fraction of sp³-hybridized carbons (Fsp3) is 0.143. The topological polar surface area (TPSA) is 89.0 Å². The van der Waals surface area contributed by atoms with Gasteiger partial charge in [0.15, 0.2) is 0 Å². The van der Waals surface area contributed by atoms with Gasteiger partial charge in [-0.15, -0.1) is 0 Å². The Labute approximate surface area is 115 Å². The second-order valence-corrected chi connectivity index (χ2v) is 4.26. The molecular weight excluding hydrogens is 258 g/mol. The van der Waals surface area contributed by atoms with Gasteiger partial charge in [0.1, 0.15) is 5.75 Å². The van der Waals surface area contributed by atoms with Gasteiger partial charge in [-0.1, -0.05) is 0 Å². The van der Waals surface area contributed by atoms with Gasteiger partial charge < -0.3 is 4.74 Å². The van der Waals surface area contributed by atoms with Crippen molar-refractivity contribution in [2.75, 3.05) is 0 Å². The van der Waals surface area contributed by atoms with Crippen molar-refractivity contribution in [1.82, 2.24) is 4.98 Å². The van der Waals surface area contributed by atoms with Crippen LogP contribution in [0.4, 0.5) is 5.69 Å². The van der Waals surface area contributed by atoms with Crippen molar-refractivity contribution < 1.29 is 9.66 Å². The molecule has 0 fully saturated rings. The highest BCUT2D eigenvalue weighted by molar-refractivity contribution is 5.50. The van der Waals surface area contributed by atoms with Crippen molar-refractivity contribution in [3.8, 4) is 17.7 Å². The van der Waals surface area contributed by atoms with Gasteiger partial charge in [-0.3, -0.25) is 10.1 Å². The summed E-state index contributed by atoms with van der Waals surface area (Å²) in [5.41, 5.74) is 1.62. The van der Waals surface area contributed by atoms with Crippen LogP contribution in [0, 0.1) is 35.3 Å². The van der Waals surface area contributed by atoms with Crippen LogP contribution in [0.1, 0.15) is 16.7 Å². The second-order valence-electron chi connectivity index (χ2n) is 4.26. The number of ether oxygens (including phenoxy) is 1. The molecule has 0 aliphatic carbocycles. The Morgan fingerprint density at radius 2 is 2.05 bits per heavy atom. The van der Waals surface area contributed by atoms with Crippen LogP contribution < -0.4 is 4.74 Å². The zero-order valence-electron chi connectivity index (χ0n) is 11.0. The molecule has 1 aromatic carbocycles. The molecule has 0 radical (unpaired) electrons. The Hall–Kier alpha value is -2.94. The van der Waals surface area contributed by atoms with E-state index in [9.17, 15) is 10.1 Å². The van der Waals surface area contributed by atoms with Crippen LogP contribution in [0.2, 0.25) is 0 Å². The van der Waals surface area contributed by atoms with Crippen molar-refractivity contribution in [2.45, 2.75) is 13.8 Å². The third-order valence-electron chi connectivity index (χ3n) is 2.77. The van der Waals surface area contributed by atoms with Crippen molar-refractivity contribution in [1.29, 1.82) is 5.26 Å². The van der Waals surface area contributed by atoms with Crippen LogP contribution in [0.25, 0.3) is 0 Å². The van der Waals surface area contributed by atoms with E-state index in [2.05, 4.69) is 4.98 Å². The molecule has 0 amide bonds. The van der Waals surface area contributed by atoms with Crippen molar-refractivity contribution in [3.63, 3.8) is 0 Å². The Balaban J connectivity index is 2.37. The van der Waals surface area contributed by atoms with E-state index >= 15 is 0 Å². The van der Waals surface area contributed by atoms with E-state index in [1.165, 1.54) is 18.3 Å². The molecule has 0 saturated carbocycles. The van der Waals surface area contributed by atoms with E-state index < -0.39 is 4.92 Å². The van der Waals surface area contributed by atoms with E-state index in [-0.39, 0.29) is 11.6 Å². The predicted octanol–water partition coefficient (Wildman–Crippen LogP) is 3.27. The van der Waals surface area contributed by atoms with E-state index in [1.54, 1.807) is 26.0 Å². The lowest BCUT2D eigenvalue weighted by atomic mass is 10.1. The Bertz CT molecular complexity index is 720. The van der Waals surface area contributed by atoms with Gasteiger partial charge in [-0.2, -0.15) is 5.26 Å². The van der Waals surface area contributed by atoms with Crippen molar-refractivity contribution in [3.05, 3.63) is 57.3 Å². The number of pyridine rings is 1. The second kappa shape index (κ2) is 5.36. The number of hydrogen-bond acceptors (Lipinski definition) is 5. The minimum atomic E-state index is -0.430. The summed E-state index contributed by atoms with van der Waals surface area (Å²) in [4.78, 5) is 14.4. The maximum atomic E-state index is 10.8. The number of hydrogen-bond donors (Lipinski definition) is 0. The highest BCUT2D eigenvalue weighted by Crippen LogP contribution is 2.30. The van der Waals surface area contributed by atoms with Gasteiger partial charge >= 0.3 is 0 Å². The molecule has 0 aliphatic rings. The highest BCUT2D eigenvalue weighted by Gasteiger charge is 2.14. The normalized spacial score (nSPS) is 9.85. The first-order valence-electron chi connectivity index (χ1n) is 5.81. The summed E-state index contributed by atoms with van der Waals surface area (Å²) in [6.07, 6.45) is 1.47. The van der Waals surface area contributed by atoms with Gasteiger partial charge in [-0.05, 0) is 31.5 Å². The van der Waals surface area contributed by atoms with Crippen LogP contribution in [0.15, 0.2) is 30.5 Å². The zero-order chi connectivity index (χ0) is 14.7. The molecular formula is C14H11N3O3. The number of aromatic nitrogens is 1. The summed E-state index contributed by atoms with van der Waals surface area (Å²) in [6.45, 7) is 3.36. The lowest BCUT2D eigenvalue weighted by molar-refractivity contribution is -0.385. The molecule has 0 N–H and O–H groups in total. The standard InChI is InChI=1S/C14H11N3O3/c1-9-6-13(10(2)5-12(9)17(18)19)20-14-7-11(8-15)3-4-16-14/h3-7H,1-2H3. The first-order chi connectivity index (χ1) is 9.51. The van der Waals surface area contributed by atoms with Gasteiger partial charge in [0, 0.05) is 23.9 Å². The van der Waals surface area contributed by atoms with Crippen molar-refractivity contribution >= 4 is 5.69 Å². The van der Waals surface area contributed by atoms with Gasteiger partial charge in [0.05, 0.1) is 16.6 Å². The van der Waals surface area contributed by atoms with E-state index in [4.69, 9.17) is 10.00 Å². The summed E-state index contributed by atoms with van der Waals surface area (Å²) in [5.74, 6) is 0.760. The average Bonchev–Trinajstić information content (AvgIpc) is 2.42. The maximum Gasteiger partial charge on any atom is 0.272 e. The number of aryl methyl sites for hydroxylation is 2. The Morgan fingerprint density at radius 1 is 1.30 bits per heavy atom. The molecule has 0 aliphatic heterocycles. The molecule has 0 unspecified atom stereocenters. The van der Waals surface area contributed by atoms with Gasteiger partial charge in [-0.25, -0.2) is 4.98 Å². The van der Waals surface area contributed by atoms with E-state index in [1.807, 2.05) is 6.07 Å². The van der Waals surface area contributed by atoms with Gasteiger partial charge in [0.25, 0.3) is 5.69 Å². The lowest BCUT2D eigenvalue weighted by Gasteiger charge is -2.09. The third-order valence-corrected chi connectivity index (χ3v) is 2.77. The zero-order valence-corrected chi connectivity index (χ0v) is 11.0. The number of nitrogens with zero attached hydrogens (tertiary/aromatic N) is 3. The maximum absolute atomic E-state index is 10.8. The first-order valence-corrected chi connectivity index (χ1v) is 5.81. The van der Waals surface area contributed by atoms with Crippen LogP contribution in [0.5, 0.6) is 11.6 Å². The fourth-order valence-corrected chi connectivity index (χ4v) is 1.73. The molecule has 0 saturated heterocycles. The monoisotopic (exact) mass is 269 g/mol. The first kappa shape index (κ1) is 13.5. The molecule has 20 heavy (non-hydrogen) atoms. The van der Waals surface area contributed by atoms with Crippen LogP contribution in [0.3, 0.4) is 0 Å². The van der Waals surface area contributed by atoms with E-state index in [0.717, 1.165) is 0 Å². The molecule has 100 valence electrons. The van der Waals surface area contributed by atoms with Crippen molar-refractivity contribution in [2.24, 2.45) is 0 Å². The minimum absolute atomic E-state index is 0.0496. The smallest absolute Gasteiger partial charge is 0.272 e. The van der Waals surface area contributed by atoms with Crippen LogP contribution in [-0.2, 0) is 0 Å². The molecule has 2 rings (SSSR count). The fourth-order valence-electron chi connectivity index (χ4n) is 1.73. The predicted molar refractivity (Wildman–Crippen MR) is 71.6 cm³/mol. The largest absolute Gasteiger partial charge is 0.439 e. The quantitative estimate of drug-likeness (QED) is 0.630. The molecule has 6 nitrogen and oxygen atoms in total. The average molecular weight is 269 g/mol.